The summed E-state index contributed by atoms with van der Waals surface area (Å²) in [5.74, 6) is 2.18. The number of benzene rings is 3. The van der Waals surface area contributed by atoms with Gasteiger partial charge in [0.2, 0.25) is 5.91 Å². The van der Waals surface area contributed by atoms with Crippen LogP contribution in [-0.4, -0.2) is 34.3 Å². The fraction of sp³-hybridized carbons (Fsp3) is 0.179. The van der Waals surface area contributed by atoms with Crippen molar-refractivity contribution >= 4 is 28.1 Å². The highest BCUT2D eigenvalue weighted by Crippen LogP contribution is 2.40. The third kappa shape index (κ3) is 4.80. The van der Waals surface area contributed by atoms with Crippen molar-refractivity contribution in [3.8, 4) is 34.1 Å². The van der Waals surface area contributed by atoms with E-state index in [0.717, 1.165) is 33.4 Å². The van der Waals surface area contributed by atoms with E-state index in [9.17, 15) is 4.79 Å². The second-order valence-electron chi connectivity index (χ2n) is 7.78. The van der Waals surface area contributed by atoms with Crippen molar-refractivity contribution < 1.29 is 28.2 Å². The first-order valence-corrected chi connectivity index (χ1v) is 10.9. The number of carbonyl (C=O) groups is 1. The van der Waals surface area contributed by atoms with Crippen LogP contribution in [0.2, 0.25) is 0 Å². The number of methoxy groups -OCH3 is 4. The molecule has 4 rings (SSSR count). The summed E-state index contributed by atoms with van der Waals surface area (Å²) in [6, 6.07) is 16.7. The van der Waals surface area contributed by atoms with Crippen molar-refractivity contribution in [2.24, 2.45) is 0 Å². The maximum absolute atomic E-state index is 12.8. The summed E-state index contributed by atoms with van der Waals surface area (Å²) in [7, 11) is 6.34. The minimum Gasteiger partial charge on any atom is -0.496 e. The fourth-order valence-electron chi connectivity index (χ4n) is 3.97. The summed E-state index contributed by atoms with van der Waals surface area (Å²) in [6.45, 7) is 1.86. The van der Waals surface area contributed by atoms with Gasteiger partial charge < -0.3 is 28.7 Å². The van der Waals surface area contributed by atoms with Gasteiger partial charge in [0.05, 0.1) is 34.7 Å². The lowest BCUT2D eigenvalue weighted by atomic mass is 9.98. The van der Waals surface area contributed by atoms with Gasteiger partial charge in [-0.05, 0) is 36.8 Å². The number of fused-ring (bicyclic) bond motifs is 1. The van der Waals surface area contributed by atoms with Gasteiger partial charge in [-0.1, -0.05) is 18.2 Å². The van der Waals surface area contributed by atoms with Crippen LogP contribution in [0.3, 0.4) is 0 Å². The minimum atomic E-state index is -0.283. The van der Waals surface area contributed by atoms with Crippen molar-refractivity contribution in [1.29, 1.82) is 0 Å². The molecular weight excluding hydrogens is 446 g/mol. The molecule has 0 radical (unpaired) electrons. The van der Waals surface area contributed by atoms with E-state index in [1.807, 2.05) is 43.3 Å². The number of ether oxygens (including phenoxy) is 4. The van der Waals surface area contributed by atoms with Crippen molar-refractivity contribution in [1.82, 2.24) is 0 Å². The Morgan fingerprint density at radius 1 is 0.800 bits per heavy atom. The van der Waals surface area contributed by atoms with Crippen LogP contribution in [-0.2, 0) is 4.79 Å². The topological polar surface area (TPSA) is 79.2 Å². The van der Waals surface area contributed by atoms with E-state index in [0.29, 0.717) is 28.5 Å². The average Bonchev–Trinajstić information content (AvgIpc) is 3.30. The largest absolute Gasteiger partial charge is 0.496 e. The molecule has 0 aliphatic carbocycles. The van der Waals surface area contributed by atoms with Gasteiger partial charge in [0.25, 0.3) is 0 Å². The van der Waals surface area contributed by atoms with Gasteiger partial charge in [-0.15, -0.1) is 0 Å². The molecule has 0 aliphatic heterocycles. The molecule has 0 bridgehead atoms. The van der Waals surface area contributed by atoms with E-state index in [2.05, 4.69) is 5.32 Å². The van der Waals surface area contributed by atoms with Gasteiger partial charge >= 0.3 is 0 Å². The molecule has 0 spiro atoms. The first-order chi connectivity index (χ1) is 17.0. The lowest BCUT2D eigenvalue weighted by Gasteiger charge is -2.12. The maximum Gasteiger partial charge on any atom is 0.248 e. The van der Waals surface area contributed by atoms with Crippen LogP contribution in [0.1, 0.15) is 12.5 Å². The number of hydrogen-bond acceptors (Lipinski definition) is 6. The Labute approximate surface area is 203 Å². The minimum absolute atomic E-state index is 0.283. The lowest BCUT2D eigenvalue weighted by Crippen LogP contribution is -2.09. The Kier molecular flexibility index (Phi) is 6.96. The Morgan fingerprint density at radius 3 is 2.23 bits per heavy atom. The zero-order valence-corrected chi connectivity index (χ0v) is 20.3. The molecular formula is C28H27NO6. The molecule has 4 aromatic rings. The maximum atomic E-state index is 12.8. The van der Waals surface area contributed by atoms with Gasteiger partial charge in [0.1, 0.15) is 17.1 Å². The molecule has 1 N–H and O–H groups in total. The van der Waals surface area contributed by atoms with Crippen molar-refractivity contribution in [2.75, 3.05) is 33.8 Å². The number of furan rings is 1. The summed E-state index contributed by atoms with van der Waals surface area (Å²) in [6.07, 6.45) is 3.23. The first-order valence-electron chi connectivity index (χ1n) is 10.9. The highest BCUT2D eigenvalue weighted by Gasteiger charge is 2.17. The molecule has 1 heterocycles. The molecule has 0 saturated heterocycles. The van der Waals surface area contributed by atoms with Gasteiger partial charge in [-0.3, -0.25) is 4.79 Å². The number of para-hydroxylation sites is 1. The van der Waals surface area contributed by atoms with Crippen molar-refractivity contribution in [2.45, 2.75) is 6.92 Å². The Bertz CT molecular complexity index is 1400. The monoisotopic (exact) mass is 473 g/mol. The smallest absolute Gasteiger partial charge is 0.248 e. The molecule has 0 atom stereocenters. The molecule has 0 saturated carbocycles. The number of carbonyl (C=O) groups excluding carboxylic acids is 1. The van der Waals surface area contributed by atoms with Crippen molar-refractivity contribution in [3.05, 3.63) is 72.5 Å². The van der Waals surface area contributed by atoms with Crippen LogP contribution >= 0.6 is 0 Å². The van der Waals surface area contributed by atoms with Crippen LogP contribution < -0.4 is 24.3 Å². The van der Waals surface area contributed by atoms with Crippen LogP contribution in [0, 0.1) is 0 Å². The van der Waals surface area contributed by atoms with Crippen LogP contribution in [0.4, 0.5) is 5.69 Å². The molecule has 7 nitrogen and oxygen atoms in total. The third-order valence-electron chi connectivity index (χ3n) is 5.72. The predicted molar refractivity (Wildman–Crippen MR) is 137 cm³/mol. The second kappa shape index (κ2) is 10.3. The molecule has 0 aliphatic rings. The Balaban J connectivity index is 1.69. The van der Waals surface area contributed by atoms with Crippen LogP contribution in [0.15, 0.2) is 71.4 Å². The van der Waals surface area contributed by atoms with E-state index in [4.69, 9.17) is 23.4 Å². The van der Waals surface area contributed by atoms with E-state index >= 15 is 0 Å². The van der Waals surface area contributed by atoms with Gasteiger partial charge in [-0.25, -0.2) is 0 Å². The second-order valence-corrected chi connectivity index (χ2v) is 7.78. The zero-order chi connectivity index (χ0) is 24.9. The Morgan fingerprint density at radius 2 is 1.51 bits per heavy atom. The third-order valence-corrected chi connectivity index (χ3v) is 5.72. The summed E-state index contributed by atoms with van der Waals surface area (Å²) >= 11 is 0. The number of amides is 1. The molecule has 0 fully saturated rings. The SMILES string of the molecule is COc1ccc(NC(=O)/C=C(\C)c2cc3c(-c4ccccc4OC)coc3cc2OC)cc1OC. The first kappa shape index (κ1) is 23.8. The number of allylic oxidation sites excluding steroid dienone is 1. The number of hydrogen-bond donors (Lipinski definition) is 1. The van der Waals surface area contributed by atoms with E-state index in [-0.39, 0.29) is 5.91 Å². The molecule has 1 aromatic heterocycles. The summed E-state index contributed by atoms with van der Waals surface area (Å²) in [5, 5.41) is 3.75. The number of anilines is 1. The number of rotatable bonds is 8. The van der Waals surface area contributed by atoms with E-state index in [1.165, 1.54) is 6.08 Å². The number of nitrogens with one attached hydrogen (secondary N) is 1. The molecule has 35 heavy (non-hydrogen) atoms. The van der Waals surface area contributed by atoms with Gasteiger partial charge in [-0.2, -0.15) is 0 Å². The van der Waals surface area contributed by atoms with Gasteiger partial charge in [0, 0.05) is 46.0 Å². The van der Waals surface area contributed by atoms with E-state index in [1.54, 1.807) is 52.9 Å². The predicted octanol–water partition coefficient (Wildman–Crippen LogP) is 6.18. The summed E-state index contributed by atoms with van der Waals surface area (Å²) in [5.41, 5.74) is 4.58. The van der Waals surface area contributed by atoms with Gasteiger partial charge in [0.15, 0.2) is 11.5 Å². The highest BCUT2D eigenvalue weighted by atomic mass is 16.5. The normalized spacial score (nSPS) is 11.3. The molecule has 3 aromatic carbocycles. The summed E-state index contributed by atoms with van der Waals surface area (Å²) in [4.78, 5) is 12.8. The Hall–Kier alpha value is -4.39. The van der Waals surface area contributed by atoms with E-state index < -0.39 is 0 Å². The quantitative estimate of drug-likeness (QED) is 0.308. The lowest BCUT2D eigenvalue weighted by molar-refractivity contribution is -0.111. The molecule has 0 unspecified atom stereocenters. The molecule has 1 amide bonds. The fourth-order valence-corrected chi connectivity index (χ4v) is 3.97. The summed E-state index contributed by atoms with van der Waals surface area (Å²) < 4.78 is 27.5. The molecule has 7 heteroatoms. The van der Waals surface area contributed by atoms with Crippen LogP contribution in [0.5, 0.6) is 23.0 Å². The average molecular weight is 474 g/mol. The molecule has 180 valence electrons. The highest BCUT2D eigenvalue weighted by molar-refractivity contribution is 6.05. The standard InChI is InChI=1S/C28H27NO6/c1-17(12-28(30)29-18-10-11-24(32-3)27(13-18)34-5)20-14-21-22(16-35-26(21)15-25(20)33-4)19-8-6-7-9-23(19)31-2/h6-16H,1-5H3,(H,29,30)/b17-12+. The van der Waals surface area contributed by atoms with Crippen molar-refractivity contribution in [3.63, 3.8) is 0 Å². The van der Waals surface area contributed by atoms with Crippen LogP contribution in [0.25, 0.3) is 27.7 Å². The zero-order valence-electron chi connectivity index (χ0n) is 20.3.